The Bertz CT molecular complexity index is 893. The molecule has 162 valence electrons. The van der Waals surface area contributed by atoms with Crippen molar-refractivity contribution in [2.45, 2.75) is 32.0 Å². The number of anilines is 1. The van der Waals surface area contributed by atoms with E-state index in [2.05, 4.69) is 9.47 Å². The minimum Gasteiger partial charge on any atom is -0.406 e. The summed E-state index contributed by atoms with van der Waals surface area (Å²) in [4.78, 5) is 14.3. The van der Waals surface area contributed by atoms with Crippen molar-refractivity contribution in [1.29, 1.82) is 0 Å². The van der Waals surface area contributed by atoms with E-state index in [4.69, 9.17) is 0 Å². The first-order chi connectivity index (χ1) is 14.0. The Labute approximate surface area is 168 Å². The molecule has 0 atom stereocenters. The van der Waals surface area contributed by atoms with E-state index < -0.39 is 19.1 Å². The fourth-order valence-corrected chi connectivity index (χ4v) is 3.17. The fraction of sp³-hybridized carbons (Fsp3) is 0.350. The van der Waals surface area contributed by atoms with Gasteiger partial charge in [-0.05, 0) is 54.3 Å². The lowest BCUT2D eigenvalue weighted by atomic mass is 10.00. The number of carbonyl (C=O) groups is 1. The van der Waals surface area contributed by atoms with Crippen LogP contribution >= 0.6 is 0 Å². The molecule has 0 fully saturated rings. The molecular formula is C20H17F6NO3. The largest absolute Gasteiger partial charge is 0.573 e. The third-order valence-electron chi connectivity index (χ3n) is 4.38. The first-order valence-corrected chi connectivity index (χ1v) is 8.96. The van der Waals surface area contributed by atoms with Crippen molar-refractivity contribution >= 4 is 11.6 Å². The van der Waals surface area contributed by atoms with Gasteiger partial charge in [-0.25, -0.2) is 0 Å². The molecule has 0 saturated carbocycles. The third kappa shape index (κ3) is 5.88. The van der Waals surface area contributed by atoms with Crippen molar-refractivity contribution in [2.24, 2.45) is 0 Å². The normalized spacial score (nSPS) is 14.4. The standard InChI is InChI=1S/C20H17F6NO3/c21-19(22,23)12-29-11-13-3-5-14(6-4-13)18(28)27-9-1-2-15-10-16(7-8-17(15)27)30-20(24,25)26/h3-8,10H,1-2,9,11-12H2. The molecule has 1 aliphatic rings. The van der Waals surface area contributed by atoms with E-state index in [1.165, 1.54) is 41.3 Å². The Balaban J connectivity index is 1.70. The number of benzene rings is 2. The highest BCUT2D eigenvalue weighted by Gasteiger charge is 2.32. The van der Waals surface area contributed by atoms with Gasteiger partial charge >= 0.3 is 12.5 Å². The molecule has 2 aromatic rings. The maximum absolute atomic E-state index is 12.9. The Morgan fingerprint density at radius 3 is 2.33 bits per heavy atom. The topological polar surface area (TPSA) is 38.8 Å². The molecule has 0 saturated heterocycles. The van der Waals surface area contributed by atoms with Crippen LogP contribution in [0.2, 0.25) is 0 Å². The predicted molar refractivity (Wildman–Crippen MR) is 95.3 cm³/mol. The molecule has 3 rings (SSSR count). The van der Waals surface area contributed by atoms with Crippen molar-refractivity contribution < 1.29 is 40.6 Å². The number of hydrogen-bond acceptors (Lipinski definition) is 3. The number of fused-ring (bicyclic) bond motifs is 1. The van der Waals surface area contributed by atoms with E-state index >= 15 is 0 Å². The Morgan fingerprint density at radius 1 is 1.00 bits per heavy atom. The van der Waals surface area contributed by atoms with E-state index in [0.717, 1.165) is 6.07 Å². The molecule has 0 unspecified atom stereocenters. The SMILES string of the molecule is O=C(c1ccc(COCC(F)(F)F)cc1)N1CCCc2cc(OC(F)(F)F)ccc21. The van der Waals surface area contributed by atoms with E-state index in [0.29, 0.717) is 41.8 Å². The molecule has 0 aliphatic carbocycles. The molecule has 2 aromatic carbocycles. The quantitative estimate of drug-likeness (QED) is 0.604. The lowest BCUT2D eigenvalue weighted by molar-refractivity contribution is -0.274. The van der Waals surface area contributed by atoms with Crippen LogP contribution in [0.1, 0.15) is 27.9 Å². The fourth-order valence-electron chi connectivity index (χ4n) is 3.17. The molecule has 0 N–H and O–H groups in total. The van der Waals surface area contributed by atoms with Crippen molar-refractivity contribution in [3.63, 3.8) is 0 Å². The smallest absolute Gasteiger partial charge is 0.406 e. The molecule has 4 nitrogen and oxygen atoms in total. The van der Waals surface area contributed by atoms with Gasteiger partial charge in [0.25, 0.3) is 5.91 Å². The summed E-state index contributed by atoms with van der Waals surface area (Å²) in [6, 6.07) is 9.77. The van der Waals surface area contributed by atoms with E-state index in [1.807, 2.05) is 0 Å². The Kier molecular flexibility index (Phi) is 6.25. The highest BCUT2D eigenvalue weighted by atomic mass is 19.4. The summed E-state index contributed by atoms with van der Waals surface area (Å²) in [7, 11) is 0. The van der Waals surface area contributed by atoms with Gasteiger partial charge in [-0.1, -0.05) is 12.1 Å². The number of alkyl halides is 6. The number of ether oxygens (including phenoxy) is 2. The van der Waals surface area contributed by atoms with Gasteiger partial charge in [0.1, 0.15) is 12.4 Å². The van der Waals surface area contributed by atoms with Gasteiger partial charge in [0.15, 0.2) is 0 Å². The molecule has 0 aromatic heterocycles. The summed E-state index contributed by atoms with van der Waals surface area (Å²) in [5, 5.41) is 0. The Hall–Kier alpha value is -2.75. The number of hydrogen-bond donors (Lipinski definition) is 0. The summed E-state index contributed by atoms with van der Waals surface area (Å²) in [6.45, 7) is -1.22. The molecule has 1 aliphatic heterocycles. The van der Waals surface area contributed by atoms with E-state index in [-0.39, 0.29) is 18.3 Å². The van der Waals surface area contributed by atoms with Gasteiger partial charge in [0.2, 0.25) is 0 Å². The average molecular weight is 433 g/mol. The highest BCUT2D eigenvalue weighted by molar-refractivity contribution is 6.06. The van der Waals surface area contributed by atoms with Crippen LogP contribution in [0, 0.1) is 0 Å². The highest BCUT2D eigenvalue weighted by Crippen LogP contribution is 2.33. The minimum atomic E-state index is -4.80. The van der Waals surface area contributed by atoms with Gasteiger partial charge in [-0.15, -0.1) is 13.2 Å². The van der Waals surface area contributed by atoms with Gasteiger partial charge in [0, 0.05) is 17.8 Å². The second-order valence-electron chi connectivity index (χ2n) is 6.70. The van der Waals surface area contributed by atoms with Gasteiger partial charge in [-0.3, -0.25) is 4.79 Å². The van der Waals surface area contributed by atoms with E-state index in [1.54, 1.807) is 0 Å². The molecule has 0 spiro atoms. The van der Waals surface area contributed by atoms with Crippen molar-refractivity contribution in [3.05, 3.63) is 59.2 Å². The Morgan fingerprint density at radius 2 is 1.70 bits per heavy atom. The zero-order valence-corrected chi connectivity index (χ0v) is 15.5. The summed E-state index contributed by atoms with van der Waals surface area (Å²) in [6.07, 6.45) is -8.15. The van der Waals surface area contributed by atoms with Crippen molar-refractivity contribution in [2.75, 3.05) is 18.1 Å². The predicted octanol–water partition coefficient (Wildman–Crippen LogP) is 5.26. The zero-order chi connectivity index (χ0) is 21.9. The summed E-state index contributed by atoms with van der Waals surface area (Å²) in [5.74, 6) is -0.707. The zero-order valence-electron chi connectivity index (χ0n) is 15.5. The number of carbonyl (C=O) groups excluding carboxylic acids is 1. The van der Waals surface area contributed by atoms with Crippen LogP contribution in [0.3, 0.4) is 0 Å². The molecule has 1 amide bonds. The van der Waals surface area contributed by atoms with Crippen LogP contribution < -0.4 is 9.64 Å². The lowest BCUT2D eigenvalue weighted by Crippen LogP contribution is -2.35. The molecule has 0 radical (unpaired) electrons. The van der Waals surface area contributed by atoms with Crippen LogP contribution in [0.4, 0.5) is 32.0 Å². The maximum Gasteiger partial charge on any atom is 0.573 e. The summed E-state index contributed by atoms with van der Waals surface area (Å²) >= 11 is 0. The van der Waals surface area contributed by atoms with Crippen molar-refractivity contribution in [3.8, 4) is 5.75 Å². The van der Waals surface area contributed by atoms with Crippen LogP contribution in [0.15, 0.2) is 42.5 Å². The molecular weight excluding hydrogens is 416 g/mol. The summed E-state index contributed by atoms with van der Waals surface area (Å²) < 4.78 is 82.1. The molecule has 30 heavy (non-hydrogen) atoms. The third-order valence-corrected chi connectivity index (χ3v) is 4.38. The van der Waals surface area contributed by atoms with Crippen LogP contribution in [-0.2, 0) is 17.8 Å². The number of aryl methyl sites for hydroxylation is 1. The second-order valence-corrected chi connectivity index (χ2v) is 6.70. The first-order valence-electron chi connectivity index (χ1n) is 8.96. The maximum atomic E-state index is 12.9. The van der Waals surface area contributed by atoms with Crippen molar-refractivity contribution in [1.82, 2.24) is 0 Å². The number of rotatable bonds is 5. The van der Waals surface area contributed by atoms with Gasteiger partial charge in [0.05, 0.1) is 6.61 Å². The average Bonchev–Trinajstić information content (AvgIpc) is 2.65. The van der Waals surface area contributed by atoms with Gasteiger partial charge in [-0.2, -0.15) is 13.2 Å². The molecule has 1 heterocycles. The number of amides is 1. The van der Waals surface area contributed by atoms with Crippen LogP contribution in [0.5, 0.6) is 5.75 Å². The van der Waals surface area contributed by atoms with E-state index in [9.17, 15) is 31.1 Å². The van der Waals surface area contributed by atoms with Gasteiger partial charge < -0.3 is 14.4 Å². The lowest BCUT2D eigenvalue weighted by Gasteiger charge is -2.30. The molecule has 0 bridgehead atoms. The number of nitrogens with zero attached hydrogens (tertiary/aromatic N) is 1. The first kappa shape index (κ1) is 21.9. The monoisotopic (exact) mass is 433 g/mol. The summed E-state index contributed by atoms with van der Waals surface area (Å²) in [5.41, 5.74) is 1.84. The van der Waals surface area contributed by atoms with Crippen LogP contribution in [0.25, 0.3) is 0 Å². The second kappa shape index (κ2) is 8.55. The van der Waals surface area contributed by atoms with Crippen LogP contribution in [-0.4, -0.2) is 31.6 Å². The molecule has 10 heteroatoms. The number of halogens is 6. The minimum absolute atomic E-state index is 0.248.